The first kappa shape index (κ1) is 19.4. The van der Waals surface area contributed by atoms with Crippen molar-refractivity contribution in [2.45, 2.75) is 47.9 Å². The Morgan fingerprint density at radius 1 is 1.10 bits per heavy atom. The summed E-state index contributed by atoms with van der Waals surface area (Å²) in [6.07, 6.45) is 16.4. The molecule has 0 aromatic heterocycles. The van der Waals surface area contributed by atoms with Gasteiger partial charge in [0.2, 0.25) is 0 Å². The zero-order valence-corrected chi connectivity index (χ0v) is 19.0. The molecular formula is C25H28IN3. The molecule has 1 aromatic carbocycles. The average molecular weight is 497 g/mol. The number of halogens is 1. The fourth-order valence-electron chi connectivity index (χ4n) is 5.08. The first-order valence-electron chi connectivity index (χ1n) is 10.9. The standard InChI is InChI=1S/C25H28IN3/c26-25(14-5-2-6-15-25)24-23-20(11-12-22(23)27-28-24)13-17-29-16-7-10-21(18-29)19-8-3-1-4-9-19/h1,3-5,8-9,11-12,14,21H,2,6-7,10,13,15-18H2. The fourth-order valence-corrected chi connectivity index (χ4v) is 6.10. The van der Waals surface area contributed by atoms with Crippen molar-refractivity contribution >= 4 is 22.6 Å². The summed E-state index contributed by atoms with van der Waals surface area (Å²) in [5, 5.41) is 9.14. The quantitative estimate of drug-likeness (QED) is 0.252. The van der Waals surface area contributed by atoms with Gasteiger partial charge in [-0.25, -0.2) is 0 Å². The monoisotopic (exact) mass is 497 g/mol. The zero-order chi connectivity index (χ0) is 19.7. The summed E-state index contributed by atoms with van der Waals surface area (Å²) in [7, 11) is 0. The van der Waals surface area contributed by atoms with Crippen molar-refractivity contribution in [3.63, 3.8) is 0 Å². The highest BCUT2D eigenvalue weighted by molar-refractivity contribution is 14.1. The minimum absolute atomic E-state index is 0.0113. The molecule has 29 heavy (non-hydrogen) atoms. The SMILES string of the molecule is IC1(C2=C3C(CCN4CCCC(c5ccccc5)C4)=CC=C3N=N2)C=CCCC1. The van der Waals surface area contributed by atoms with Gasteiger partial charge >= 0.3 is 0 Å². The van der Waals surface area contributed by atoms with Crippen molar-refractivity contribution < 1.29 is 0 Å². The smallest absolute Gasteiger partial charge is 0.0951 e. The second-order valence-electron chi connectivity index (χ2n) is 8.62. The van der Waals surface area contributed by atoms with Crippen LogP contribution < -0.4 is 0 Å². The van der Waals surface area contributed by atoms with Gasteiger partial charge in [-0.15, -0.1) is 0 Å². The molecule has 0 saturated carbocycles. The van der Waals surface area contributed by atoms with Gasteiger partial charge < -0.3 is 4.90 Å². The first-order chi connectivity index (χ1) is 14.2. The number of fused-ring (bicyclic) bond motifs is 1. The second-order valence-corrected chi connectivity index (χ2v) is 10.5. The summed E-state index contributed by atoms with van der Waals surface area (Å²) < 4.78 is 0.0113. The average Bonchev–Trinajstić information content (AvgIpc) is 3.36. The van der Waals surface area contributed by atoms with Gasteiger partial charge in [0.1, 0.15) is 0 Å². The van der Waals surface area contributed by atoms with Crippen LogP contribution in [0, 0.1) is 0 Å². The molecule has 2 atom stereocenters. The fraction of sp³-hybridized carbons (Fsp3) is 0.440. The highest BCUT2D eigenvalue weighted by Crippen LogP contribution is 2.48. The minimum atomic E-state index is 0.0113. The number of likely N-dealkylation sites (tertiary alicyclic amines) is 1. The Labute approximate surface area is 187 Å². The van der Waals surface area contributed by atoms with Crippen LogP contribution >= 0.6 is 22.6 Å². The molecular weight excluding hydrogens is 469 g/mol. The van der Waals surface area contributed by atoms with Gasteiger partial charge in [-0.05, 0) is 68.2 Å². The Kier molecular flexibility index (Phi) is 5.57. The van der Waals surface area contributed by atoms with Crippen molar-refractivity contribution in [3.8, 4) is 0 Å². The third kappa shape index (κ3) is 3.93. The number of benzene rings is 1. The third-order valence-electron chi connectivity index (χ3n) is 6.68. The van der Waals surface area contributed by atoms with Gasteiger partial charge in [-0.1, -0.05) is 71.2 Å². The summed E-state index contributed by atoms with van der Waals surface area (Å²) >= 11 is 2.60. The lowest BCUT2D eigenvalue weighted by atomic mass is 9.88. The van der Waals surface area contributed by atoms with Crippen LogP contribution in [0.1, 0.15) is 50.0 Å². The van der Waals surface area contributed by atoms with Gasteiger partial charge in [0.15, 0.2) is 0 Å². The van der Waals surface area contributed by atoms with E-state index in [9.17, 15) is 0 Å². The molecule has 5 rings (SSSR count). The van der Waals surface area contributed by atoms with Crippen LogP contribution in [0.3, 0.4) is 0 Å². The molecule has 0 radical (unpaired) electrons. The molecule has 0 N–H and O–H groups in total. The van der Waals surface area contributed by atoms with E-state index in [0.717, 1.165) is 25.1 Å². The van der Waals surface area contributed by atoms with Crippen molar-refractivity contribution in [2.75, 3.05) is 19.6 Å². The van der Waals surface area contributed by atoms with Gasteiger partial charge in [0.25, 0.3) is 0 Å². The molecule has 0 amide bonds. The van der Waals surface area contributed by atoms with Crippen LogP contribution in [-0.4, -0.2) is 28.0 Å². The molecule has 1 aromatic rings. The molecule has 1 fully saturated rings. The van der Waals surface area contributed by atoms with Crippen LogP contribution in [0.25, 0.3) is 0 Å². The Morgan fingerprint density at radius 3 is 2.83 bits per heavy atom. The molecule has 2 unspecified atom stereocenters. The van der Waals surface area contributed by atoms with E-state index in [1.54, 1.807) is 0 Å². The number of piperidine rings is 1. The van der Waals surface area contributed by atoms with Crippen molar-refractivity contribution in [3.05, 3.63) is 82.7 Å². The van der Waals surface area contributed by atoms with Crippen LogP contribution in [0.2, 0.25) is 0 Å². The molecule has 2 aliphatic heterocycles. The van der Waals surface area contributed by atoms with E-state index in [0.29, 0.717) is 5.92 Å². The van der Waals surface area contributed by atoms with E-state index in [2.05, 4.69) is 92.4 Å². The normalized spacial score (nSPS) is 29.2. The summed E-state index contributed by atoms with van der Waals surface area (Å²) in [5.41, 5.74) is 6.51. The summed E-state index contributed by atoms with van der Waals surface area (Å²) in [6.45, 7) is 3.52. The summed E-state index contributed by atoms with van der Waals surface area (Å²) in [5.74, 6) is 0.674. The van der Waals surface area contributed by atoms with E-state index in [1.165, 1.54) is 61.2 Å². The maximum Gasteiger partial charge on any atom is 0.0951 e. The van der Waals surface area contributed by atoms with Crippen molar-refractivity contribution in [1.29, 1.82) is 0 Å². The molecule has 4 heteroatoms. The van der Waals surface area contributed by atoms with Gasteiger partial charge in [0, 0.05) is 18.7 Å². The number of rotatable bonds is 5. The van der Waals surface area contributed by atoms with Crippen LogP contribution in [-0.2, 0) is 0 Å². The van der Waals surface area contributed by atoms with E-state index in [4.69, 9.17) is 0 Å². The molecule has 3 nitrogen and oxygen atoms in total. The minimum Gasteiger partial charge on any atom is -0.302 e. The summed E-state index contributed by atoms with van der Waals surface area (Å²) in [6, 6.07) is 11.0. The van der Waals surface area contributed by atoms with E-state index in [1.807, 2.05) is 0 Å². The van der Waals surface area contributed by atoms with Gasteiger partial charge in [-0.2, -0.15) is 10.2 Å². The van der Waals surface area contributed by atoms with Gasteiger partial charge in [-0.3, -0.25) is 0 Å². The van der Waals surface area contributed by atoms with E-state index in [-0.39, 0.29) is 3.42 Å². The Balaban J connectivity index is 1.27. The van der Waals surface area contributed by atoms with E-state index >= 15 is 0 Å². The molecule has 4 aliphatic rings. The molecule has 0 bridgehead atoms. The Bertz CT molecular complexity index is 925. The van der Waals surface area contributed by atoms with Crippen LogP contribution in [0.4, 0.5) is 0 Å². The predicted molar refractivity (Wildman–Crippen MR) is 127 cm³/mol. The number of nitrogens with zero attached hydrogens (tertiary/aromatic N) is 3. The molecule has 2 aliphatic carbocycles. The molecule has 1 saturated heterocycles. The van der Waals surface area contributed by atoms with Crippen molar-refractivity contribution in [1.82, 2.24) is 4.90 Å². The third-order valence-corrected chi connectivity index (χ3v) is 8.08. The molecule has 150 valence electrons. The summed E-state index contributed by atoms with van der Waals surface area (Å²) in [4.78, 5) is 2.66. The highest BCUT2D eigenvalue weighted by atomic mass is 127. The number of allylic oxidation sites excluding steroid dienone is 5. The zero-order valence-electron chi connectivity index (χ0n) is 16.9. The topological polar surface area (TPSA) is 28.0 Å². The highest BCUT2D eigenvalue weighted by Gasteiger charge is 2.38. The predicted octanol–water partition coefficient (Wildman–Crippen LogP) is 6.71. The van der Waals surface area contributed by atoms with Crippen LogP contribution in [0.5, 0.6) is 0 Å². The lowest BCUT2D eigenvalue weighted by molar-refractivity contribution is 0.210. The van der Waals surface area contributed by atoms with E-state index < -0.39 is 0 Å². The number of hydrogen-bond acceptors (Lipinski definition) is 3. The maximum absolute atomic E-state index is 4.64. The molecule has 0 spiro atoms. The molecule has 2 heterocycles. The largest absolute Gasteiger partial charge is 0.302 e. The van der Waals surface area contributed by atoms with Crippen molar-refractivity contribution in [2.24, 2.45) is 10.2 Å². The second kappa shape index (κ2) is 8.31. The number of hydrogen-bond donors (Lipinski definition) is 0. The Morgan fingerprint density at radius 2 is 2.00 bits per heavy atom. The van der Waals surface area contributed by atoms with Gasteiger partial charge in [0.05, 0.1) is 14.8 Å². The van der Waals surface area contributed by atoms with Crippen LogP contribution in [0.15, 0.2) is 87.4 Å². The number of azo groups is 1. The Hall–Kier alpha value is -1.53. The lowest BCUT2D eigenvalue weighted by Gasteiger charge is -2.33. The first-order valence-corrected chi connectivity index (χ1v) is 12.0. The number of alkyl halides is 1. The lowest BCUT2D eigenvalue weighted by Crippen LogP contribution is -2.35. The maximum atomic E-state index is 4.64.